The van der Waals surface area contributed by atoms with E-state index in [4.69, 9.17) is 0 Å². The zero-order valence-corrected chi connectivity index (χ0v) is 16.1. The lowest BCUT2D eigenvalue weighted by Crippen LogP contribution is -2.67. The van der Waals surface area contributed by atoms with Crippen molar-refractivity contribution in [2.45, 2.75) is 38.6 Å². The SMILES string of the molecule is CCCC(=O)N1CCC2(CC1)C(=O)N(c1cccc(F)c1)C2c1ccccc1. The summed E-state index contributed by atoms with van der Waals surface area (Å²) < 4.78 is 13.8. The van der Waals surface area contributed by atoms with E-state index in [1.165, 1.54) is 12.1 Å². The molecule has 0 aliphatic carbocycles. The summed E-state index contributed by atoms with van der Waals surface area (Å²) in [6, 6.07) is 16.0. The number of nitrogens with zero attached hydrogens (tertiary/aromatic N) is 2. The first kappa shape index (κ1) is 18.7. The Labute approximate surface area is 164 Å². The zero-order valence-electron chi connectivity index (χ0n) is 16.1. The fraction of sp³-hybridized carbons (Fsp3) is 0.391. The average molecular weight is 380 g/mol. The lowest BCUT2D eigenvalue weighted by Gasteiger charge is -2.59. The number of carbonyl (C=O) groups is 2. The molecule has 146 valence electrons. The average Bonchev–Trinajstić information content (AvgIpc) is 2.72. The molecular weight excluding hydrogens is 355 g/mol. The predicted molar refractivity (Wildman–Crippen MR) is 106 cm³/mol. The standard InChI is InChI=1S/C23H25FN2O2/c1-2-7-20(27)25-14-12-23(13-15-25)21(17-8-4-3-5-9-17)26(22(23)28)19-11-6-10-18(24)16-19/h3-6,8-11,16,21H,2,7,12-15H2,1H3. The number of β-lactam (4-membered cyclic amide) rings is 1. The van der Waals surface area contributed by atoms with Gasteiger partial charge in [0.15, 0.2) is 0 Å². The lowest BCUT2D eigenvalue weighted by atomic mass is 9.62. The number of carbonyl (C=O) groups excluding carboxylic acids is 2. The monoisotopic (exact) mass is 380 g/mol. The molecule has 2 aromatic carbocycles. The summed E-state index contributed by atoms with van der Waals surface area (Å²) in [5.41, 5.74) is 1.13. The molecule has 1 spiro atoms. The molecule has 2 aromatic rings. The second kappa shape index (κ2) is 7.38. The van der Waals surface area contributed by atoms with Crippen LogP contribution in [0.1, 0.15) is 44.2 Å². The lowest BCUT2D eigenvalue weighted by molar-refractivity contribution is -0.149. The maximum Gasteiger partial charge on any atom is 0.236 e. The van der Waals surface area contributed by atoms with E-state index in [0.717, 1.165) is 12.0 Å². The normalized spacial score (nSPS) is 20.9. The first-order valence-corrected chi connectivity index (χ1v) is 9.99. The Morgan fingerprint density at radius 1 is 1.11 bits per heavy atom. The summed E-state index contributed by atoms with van der Waals surface area (Å²) in [6.45, 7) is 3.21. The third-order valence-electron chi connectivity index (χ3n) is 6.10. The molecule has 2 amide bonds. The van der Waals surface area contributed by atoms with Gasteiger partial charge in [0.2, 0.25) is 11.8 Å². The van der Waals surface area contributed by atoms with Crippen LogP contribution < -0.4 is 4.90 Å². The van der Waals surface area contributed by atoms with Crippen LogP contribution >= 0.6 is 0 Å². The van der Waals surface area contributed by atoms with Crippen LogP contribution in [-0.4, -0.2) is 29.8 Å². The van der Waals surface area contributed by atoms with Gasteiger partial charge in [-0.1, -0.05) is 43.3 Å². The Balaban J connectivity index is 1.64. The van der Waals surface area contributed by atoms with E-state index in [2.05, 4.69) is 0 Å². The summed E-state index contributed by atoms with van der Waals surface area (Å²) in [4.78, 5) is 29.2. The minimum Gasteiger partial charge on any atom is -0.343 e. The summed E-state index contributed by atoms with van der Waals surface area (Å²) in [6.07, 6.45) is 2.68. The molecule has 2 heterocycles. The van der Waals surface area contributed by atoms with Crippen molar-refractivity contribution in [3.63, 3.8) is 0 Å². The van der Waals surface area contributed by atoms with E-state index in [0.29, 0.717) is 38.0 Å². The molecule has 0 aromatic heterocycles. The molecule has 1 unspecified atom stereocenters. The maximum absolute atomic E-state index is 13.8. The number of halogens is 1. The molecule has 4 rings (SSSR count). The number of piperidine rings is 1. The second-order valence-corrected chi connectivity index (χ2v) is 7.76. The van der Waals surface area contributed by atoms with Crippen molar-refractivity contribution in [2.75, 3.05) is 18.0 Å². The number of hydrogen-bond donors (Lipinski definition) is 0. The summed E-state index contributed by atoms with van der Waals surface area (Å²) in [5.74, 6) is -0.144. The summed E-state index contributed by atoms with van der Waals surface area (Å²) >= 11 is 0. The van der Waals surface area contributed by atoms with Gasteiger partial charge in [0.25, 0.3) is 0 Å². The zero-order chi connectivity index (χ0) is 19.7. The molecule has 2 aliphatic rings. The minimum atomic E-state index is -0.517. The Morgan fingerprint density at radius 2 is 1.82 bits per heavy atom. The third kappa shape index (κ3) is 2.99. The number of anilines is 1. The van der Waals surface area contributed by atoms with Gasteiger partial charge in [-0.2, -0.15) is 0 Å². The van der Waals surface area contributed by atoms with E-state index >= 15 is 0 Å². The summed E-state index contributed by atoms with van der Waals surface area (Å²) in [5, 5.41) is 0. The maximum atomic E-state index is 13.8. The van der Waals surface area contributed by atoms with E-state index in [1.54, 1.807) is 17.0 Å². The Bertz CT molecular complexity index is 875. The molecule has 4 nitrogen and oxygen atoms in total. The van der Waals surface area contributed by atoms with Gasteiger partial charge in [-0.25, -0.2) is 4.39 Å². The van der Waals surface area contributed by atoms with E-state index in [1.807, 2.05) is 42.2 Å². The van der Waals surface area contributed by atoms with Gasteiger partial charge in [0.1, 0.15) is 5.82 Å². The van der Waals surface area contributed by atoms with Gasteiger partial charge in [0, 0.05) is 25.2 Å². The highest BCUT2D eigenvalue weighted by atomic mass is 19.1. The van der Waals surface area contributed by atoms with Gasteiger partial charge in [-0.15, -0.1) is 0 Å². The van der Waals surface area contributed by atoms with Crippen LogP contribution in [0.25, 0.3) is 0 Å². The van der Waals surface area contributed by atoms with Crippen LogP contribution in [0.2, 0.25) is 0 Å². The number of amides is 2. The van der Waals surface area contributed by atoms with Crippen molar-refractivity contribution in [1.82, 2.24) is 4.90 Å². The fourth-order valence-corrected chi connectivity index (χ4v) is 4.67. The van der Waals surface area contributed by atoms with Crippen LogP contribution in [0.3, 0.4) is 0 Å². The van der Waals surface area contributed by atoms with Gasteiger partial charge in [0.05, 0.1) is 11.5 Å². The van der Waals surface area contributed by atoms with Gasteiger partial charge < -0.3 is 9.80 Å². The predicted octanol–water partition coefficient (Wildman–Crippen LogP) is 4.32. The number of hydrogen-bond acceptors (Lipinski definition) is 2. The van der Waals surface area contributed by atoms with Crippen LogP contribution in [0.15, 0.2) is 54.6 Å². The minimum absolute atomic E-state index is 0.0366. The quantitative estimate of drug-likeness (QED) is 0.741. The number of benzene rings is 2. The molecule has 0 bridgehead atoms. The van der Waals surface area contributed by atoms with E-state index in [9.17, 15) is 14.0 Å². The number of rotatable bonds is 4. The molecule has 0 radical (unpaired) electrons. The molecule has 1 atom stereocenters. The molecule has 5 heteroatoms. The Morgan fingerprint density at radius 3 is 2.46 bits per heavy atom. The van der Waals surface area contributed by atoms with Crippen molar-refractivity contribution in [3.05, 3.63) is 66.0 Å². The first-order chi connectivity index (χ1) is 13.6. The largest absolute Gasteiger partial charge is 0.343 e. The summed E-state index contributed by atoms with van der Waals surface area (Å²) in [7, 11) is 0. The molecule has 2 aliphatic heterocycles. The van der Waals surface area contributed by atoms with Crippen LogP contribution in [0.5, 0.6) is 0 Å². The van der Waals surface area contributed by atoms with Crippen molar-refractivity contribution in [1.29, 1.82) is 0 Å². The van der Waals surface area contributed by atoms with Gasteiger partial charge in [-0.3, -0.25) is 9.59 Å². The van der Waals surface area contributed by atoms with Crippen LogP contribution in [-0.2, 0) is 9.59 Å². The van der Waals surface area contributed by atoms with Crippen molar-refractivity contribution < 1.29 is 14.0 Å². The molecule has 28 heavy (non-hydrogen) atoms. The van der Waals surface area contributed by atoms with E-state index < -0.39 is 5.41 Å². The highest BCUT2D eigenvalue weighted by molar-refractivity contribution is 6.06. The van der Waals surface area contributed by atoms with Crippen molar-refractivity contribution in [2.24, 2.45) is 5.41 Å². The first-order valence-electron chi connectivity index (χ1n) is 9.99. The van der Waals surface area contributed by atoms with Crippen molar-refractivity contribution in [3.8, 4) is 0 Å². The second-order valence-electron chi connectivity index (χ2n) is 7.76. The highest BCUT2D eigenvalue weighted by Crippen LogP contribution is 2.57. The van der Waals surface area contributed by atoms with E-state index in [-0.39, 0.29) is 23.7 Å². The molecular formula is C23H25FN2O2. The topological polar surface area (TPSA) is 40.6 Å². The van der Waals surface area contributed by atoms with Gasteiger partial charge >= 0.3 is 0 Å². The van der Waals surface area contributed by atoms with Crippen molar-refractivity contribution >= 4 is 17.5 Å². The fourth-order valence-electron chi connectivity index (χ4n) is 4.67. The van der Waals surface area contributed by atoms with Crippen LogP contribution in [0, 0.1) is 11.2 Å². The molecule has 2 fully saturated rings. The molecule has 0 saturated carbocycles. The molecule has 0 N–H and O–H groups in total. The number of likely N-dealkylation sites (tertiary alicyclic amines) is 1. The Kier molecular flexibility index (Phi) is 4.92. The highest BCUT2D eigenvalue weighted by Gasteiger charge is 2.62. The van der Waals surface area contributed by atoms with Crippen LogP contribution in [0.4, 0.5) is 10.1 Å². The smallest absolute Gasteiger partial charge is 0.236 e. The molecule has 2 saturated heterocycles. The Hall–Kier alpha value is -2.69. The van der Waals surface area contributed by atoms with Gasteiger partial charge in [-0.05, 0) is 43.0 Å². The third-order valence-corrected chi connectivity index (χ3v) is 6.10.